The van der Waals surface area contributed by atoms with E-state index in [4.69, 9.17) is 0 Å². The molecular formula is C21H22O3P2. The van der Waals surface area contributed by atoms with E-state index in [9.17, 15) is 14.0 Å². The van der Waals surface area contributed by atoms with Crippen LogP contribution in [-0.2, 0) is 9.13 Å². The zero-order valence-corrected chi connectivity index (χ0v) is 16.7. The van der Waals surface area contributed by atoms with Crippen LogP contribution in [0.1, 0.15) is 11.1 Å². The van der Waals surface area contributed by atoms with E-state index in [1.54, 1.807) is 54.6 Å². The Labute approximate surface area is 154 Å². The van der Waals surface area contributed by atoms with Crippen molar-refractivity contribution in [3.63, 3.8) is 0 Å². The molecule has 0 saturated heterocycles. The van der Waals surface area contributed by atoms with Gasteiger partial charge in [0.25, 0.3) is 0 Å². The van der Waals surface area contributed by atoms with Crippen LogP contribution in [0.5, 0.6) is 0 Å². The maximum Gasteiger partial charge on any atom is 0.237 e. The molecule has 3 rings (SSSR count). The molecule has 1 unspecified atom stereocenters. The minimum Gasteiger partial charge on any atom is -0.341 e. The van der Waals surface area contributed by atoms with Crippen LogP contribution in [0.25, 0.3) is 0 Å². The van der Waals surface area contributed by atoms with Crippen molar-refractivity contribution in [3.05, 3.63) is 90.0 Å². The maximum atomic E-state index is 14.1. The van der Waals surface area contributed by atoms with Crippen LogP contribution < -0.4 is 15.9 Å². The van der Waals surface area contributed by atoms with Gasteiger partial charge in [0.15, 0.2) is 7.14 Å². The van der Waals surface area contributed by atoms with Crippen molar-refractivity contribution in [2.24, 2.45) is 0 Å². The molecule has 0 bridgehead atoms. The predicted molar refractivity (Wildman–Crippen MR) is 110 cm³/mol. The fourth-order valence-corrected chi connectivity index (χ4v) is 9.21. The minimum absolute atomic E-state index is 0.282. The fraction of sp³-hybridized carbons (Fsp3) is 0.143. The summed E-state index contributed by atoms with van der Waals surface area (Å²) in [5.74, 6) is -0.282. The minimum atomic E-state index is -3.78. The average molecular weight is 384 g/mol. The van der Waals surface area contributed by atoms with Gasteiger partial charge < -0.3 is 9.46 Å². The van der Waals surface area contributed by atoms with Crippen LogP contribution in [-0.4, -0.2) is 10.8 Å². The first-order valence-corrected chi connectivity index (χ1v) is 12.2. The summed E-state index contributed by atoms with van der Waals surface area (Å²) in [7, 11) is -7.05. The first-order valence-electron chi connectivity index (χ1n) is 8.42. The first kappa shape index (κ1) is 18.9. The van der Waals surface area contributed by atoms with Crippen LogP contribution >= 0.6 is 14.5 Å². The number of hydrogen-bond donors (Lipinski definition) is 1. The SMILES string of the molecule is Cc1ccc(P(=O)(CP(=O)(O)c2ccccc2)c2ccc(C)cc2)cc1. The van der Waals surface area contributed by atoms with Gasteiger partial charge in [-0.05, 0) is 26.0 Å². The van der Waals surface area contributed by atoms with Crippen molar-refractivity contribution < 1.29 is 14.0 Å². The van der Waals surface area contributed by atoms with Gasteiger partial charge in [0.1, 0.15) is 0 Å². The standard InChI is InChI=1S/C21H22O3P2/c1-17-8-12-19(13-9-17)25(22,20-14-10-18(2)11-15-20)16-26(23,24)21-6-4-3-5-7-21/h3-15H,16H2,1-2H3,(H,23,24). The molecule has 26 heavy (non-hydrogen) atoms. The Hall–Kier alpha value is -1.92. The molecule has 3 nitrogen and oxygen atoms in total. The van der Waals surface area contributed by atoms with E-state index in [1.165, 1.54) is 0 Å². The Morgan fingerprint density at radius 2 is 1.08 bits per heavy atom. The average Bonchev–Trinajstić information content (AvgIpc) is 2.63. The lowest BCUT2D eigenvalue weighted by molar-refractivity contribution is 0.494. The van der Waals surface area contributed by atoms with Gasteiger partial charge in [-0.25, -0.2) is 0 Å². The summed E-state index contributed by atoms with van der Waals surface area (Å²) in [6.07, 6.45) is 0. The molecule has 0 spiro atoms. The lowest BCUT2D eigenvalue weighted by Crippen LogP contribution is -2.21. The third kappa shape index (κ3) is 3.91. The van der Waals surface area contributed by atoms with Gasteiger partial charge in [0.2, 0.25) is 7.37 Å². The van der Waals surface area contributed by atoms with E-state index < -0.39 is 14.5 Å². The second kappa shape index (κ2) is 7.37. The highest BCUT2D eigenvalue weighted by molar-refractivity contribution is 7.89. The van der Waals surface area contributed by atoms with Gasteiger partial charge >= 0.3 is 0 Å². The molecule has 1 N–H and O–H groups in total. The Kier molecular flexibility index (Phi) is 5.34. The van der Waals surface area contributed by atoms with Crippen molar-refractivity contribution in [3.8, 4) is 0 Å². The number of benzene rings is 3. The zero-order valence-electron chi connectivity index (χ0n) is 14.9. The molecule has 0 heterocycles. The predicted octanol–water partition coefficient (Wildman–Crippen LogP) is 4.17. The van der Waals surface area contributed by atoms with Crippen LogP contribution in [0.3, 0.4) is 0 Å². The number of aryl methyl sites for hydroxylation is 2. The van der Waals surface area contributed by atoms with Gasteiger partial charge in [-0.3, -0.25) is 4.57 Å². The van der Waals surface area contributed by atoms with Crippen molar-refractivity contribution in [2.75, 3.05) is 5.90 Å². The molecule has 0 aliphatic rings. The molecule has 0 fully saturated rings. The molecule has 0 saturated carbocycles. The molecule has 5 heteroatoms. The van der Waals surface area contributed by atoms with E-state index >= 15 is 0 Å². The molecule has 0 radical (unpaired) electrons. The highest BCUT2D eigenvalue weighted by Crippen LogP contribution is 2.57. The summed E-state index contributed by atoms with van der Waals surface area (Å²) in [6.45, 7) is 3.92. The quantitative estimate of drug-likeness (QED) is 0.672. The van der Waals surface area contributed by atoms with Crippen LogP contribution in [0.4, 0.5) is 0 Å². The van der Waals surface area contributed by atoms with Crippen molar-refractivity contribution in [2.45, 2.75) is 13.8 Å². The zero-order chi connectivity index (χ0) is 18.8. The van der Waals surface area contributed by atoms with Gasteiger partial charge in [0, 0.05) is 15.9 Å². The van der Waals surface area contributed by atoms with Gasteiger partial charge in [-0.15, -0.1) is 0 Å². The summed E-state index contributed by atoms with van der Waals surface area (Å²) >= 11 is 0. The Balaban J connectivity index is 2.12. The van der Waals surface area contributed by atoms with Crippen molar-refractivity contribution in [1.82, 2.24) is 0 Å². The fourth-order valence-electron chi connectivity index (χ4n) is 2.90. The molecule has 1 atom stereocenters. The van der Waals surface area contributed by atoms with Crippen LogP contribution in [0, 0.1) is 13.8 Å². The van der Waals surface area contributed by atoms with Crippen LogP contribution in [0.2, 0.25) is 0 Å². The third-order valence-corrected chi connectivity index (χ3v) is 10.9. The largest absolute Gasteiger partial charge is 0.341 e. The first-order chi connectivity index (χ1) is 12.3. The summed E-state index contributed by atoms with van der Waals surface area (Å²) < 4.78 is 27.2. The normalized spacial score (nSPS) is 14.0. The monoisotopic (exact) mass is 384 g/mol. The van der Waals surface area contributed by atoms with E-state index in [0.29, 0.717) is 15.9 Å². The molecule has 3 aromatic rings. The van der Waals surface area contributed by atoms with E-state index in [0.717, 1.165) is 11.1 Å². The van der Waals surface area contributed by atoms with Gasteiger partial charge in [0.05, 0.1) is 5.90 Å². The molecule has 3 aromatic carbocycles. The highest BCUT2D eigenvalue weighted by atomic mass is 31.2. The van der Waals surface area contributed by atoms with E-state index in [-0.39, 0.29) is 5.90 Å². The lowest BCUT2D eigenvalue weighted by atomic mass is 10.2. The second-order valence-electron chi connectivity index (χ2n) is 6.59. The smallest absolute Gasteiger partial charge is 0.237 e. The summed E-state index contributed by atoms with van der Waals surface area (Å²) in [4.78, 5) is 10.7. The number of hydrogen-bond acceptors (Lipinski definition) is 2. The summed E-state index contributed by atoms with van der Waals surface area (Å²) in [6, 6.07) is 23.3. The number of rotatable bonds is 5. The molecule has 0 aromatic heterocycles. The van der Waals surface area contributed by atoms with Gasteiger partial charge in [-0.2, -0.15) is 0 Å². The Morgan fingerprint density at radius 3 is 1.50 bits per heavy atom. The second-order valence-corrected chi connectivity index (χ2v) is 12.2. The molecule has 0 aliphatic carbocycles. The molecular weight excluding hydrogens is 362 g/mol. The van der Waals surface area contributed by atoms with Gasteiger partial charge in [-0.1, -0.05) is 77.9 Å². The van der Waals surface area contributed by atoms with Crippen molar-refractivity contribution in [1.29, 1.82) is 0 Å². The molecule has 134 valence electrons. The topological polar surface area (TPSA) is 54.4 Å². The summed E-state index contributed by atoms with van der Waals surface area (Å²) in [5, 5.41) is 1.55. The third-order valence-electron chi connectivity index (χ3n) is 4.45. The Morgan fingerprint density at radius 1 is 0.654 bits per heavy atom. The van der Waals surface area contributed by atoms with E-state index in [1.807, 2.05) is 38.1 Å². The van der Waals surface area contributed by atoms with E-state index in [2.05, 4.69) is 0 Å². The maximum absolute atomic E-state index is 14.1. The highest BCUT2D eigenvalue weighted by Gasteiger charge is 2.36. The molecule has 0 amide bonds. The lowest BCUT2D eigenvalue weighted by Gasteiger charge is -2.23. The Bertz CT molecular complexity index is 929. The molecule has 0 aliphatic heterocycles. The van der Waals surface area contributed by atoms with Crippen molar-refractivity contribution >= 4 is 30.4 Å². The van der Waals surface area contributed by atoms with Crippen LogP contribution in [0.15, 0.2) is 78.9 Å². The summed E-state index contributed by atoms with van der Waals surface area (Å²) in [5.41, 5.74) is 2.11.